The third kappa shape index (κ3) is 3.53. The number of nitrogens with zero attached hydrogens (tertiary/aromatic N) is 1. The molecule has 5 heteroatoms. The number of anilines is 2. The molecule has 26 heavy (non-hydrogen) atoms. The fourth-order valence-corrected chi connectivity index (χ4v) is 3.76. The number of piperidine rings is 1. The van der Waals surface area contributed by atoms with Crippen molar-refractivity contribution in [1.29, 1.82) is 0 Å². The van der Waals surface area contributed by atoms with E-state index < -0.39 is 5.54 Å². The Balaban J connectivity index is 1.26. The van der Waals surface area contributed by atoms with Gasteiger partial charge in [-0.05, 0) is 43.5 Å². The van der Waals surface area contributed by atoms with E-state index in [0.29, 0.717) is 0 Å². The number of carbonyl (C=O) groups excluding carboxylic acids is 1. The highest BCUT2D eigenvalue weighted by Crippen LogP contribution is 2.36. The Hall–Kier alpha value is -2.53. The van der Waals surface area contributed by atoms with Crippen molar-refractivity contribution < 1.29 is 9.53 Å². The minimum Gasteiger partial charge on any atom is -0.494 e. The van der Waals surface area contributed by atoms with Gasteiger partial charge in [-0.25, -0.2) is 0 Å². The minimum absolute atomic E-state index is 0.100. The van der Waals surface area contributed by atoms with E-state index in [2.05, 4.69) is 15.5 Å². The molecule has 0 atom stereocenters. The number of likely N-dealkylation sites (tertiary alicyclic amines) is 1. The van der Waals surface area contributed by atoms with E-state index in [1.165, 1.54) is 0 Å². The summed E-state index contributed by atoms with van der Waals surface area (Å²) in [7, 11) is 0. The lowest BCUT2D eigenvalue weighted by Gasteiger charge is -2.44. The molecule has 5 nitrogen and oxygen atoms in total. The van der Waals surface area contributed by atoms with Crippen LogP contribution >= 0.6 is 0 Å². The molecule has 2 aromatic carbocycles. The van der Waals surface area contributed by atoms with Gasteiger partial charge in [-0.1, -0.05) is 30.3 Å². The number of rotatable bonds is 5. The van der Waals surface area contributed by atoms with Crippen LogP contribution in [0.15, 0.2) is 54.6 Å². The molecule has 2 aliphatic heterocycles. The molecular weight excluding hydrogens is 326 g/mol. The third-order valence-electron chi connectivity index (χ3n) is 5.32. The largest absolute Gasteiger partial charge is 0.494 e. The Bertz CT molecular complexity index is 755. The Morgan fingerprint density at radius 1 is 0.962 bits per heavy atom. The predicted molar refractivity (Wildman–Crippen MR) is 104 cm³/mol. The molecular formula is C21H25N3O2. The number of para-hydroxylation sites is 3. The number of amides is 1. The highest BCUT2D eigenvalue weighted by molar-refractivity contribution is 6.06. The van der Waals surface area contributed by atoms with Gasteiger partial charge in [0.2, 0.25) is 5.91 Å². The van der Waals surface area contributed by atoms with Crippen molar-refractivity contribution >= 4 is 17.3 Å². The lowest BCUT2D eigenvalue weighted by atomic mass is 9.84. The van der Waals surface area contributed by atoms with Crippen LogP contribution in [0.3, 0.4) is 0 Å². The number of ether oxygens (including phenoxy) is 1. The van der Waals surface area contributed by atoms with Crippen molar-refractivity contribution in [2.45, 2.75) is 24.8 Å². The summed E-state index contributed by atoms with van der Waals surface area (Å²) in [6, 6.07) is 17.8. The van der Waals surface area contributed by atoms with Crippen molar-refractivity contribution in [1.82, 2.24) is 4.90 Å². The van der Waals surface area contributed by atoms with E-state index in [1.54, 1.807) is 0 Å². The first-order chi connectivity index (χ1) is 12.8. The first-order valence-corrected chi connectivity index (χ1v) is 9.34. The molecule has 136 valence electrons. The van der Waals surface area contributed by atoms with Gasteiger partial charge in [-0.3, -0.25) is 4.79 Å². The zero-order valence-electron chi connectivity index (χ0n) is 14.9. The quantitative estimate of drug-likeness (QED) is 0.811. The predicted octanol–water partition coefficient (Wildman–Crippen LogP) is 3.35. The summed E-state index contributed by atoms with van der Waals surface area (Å²) in [5, 5.41) is 6.57. The molecule has 0 radical (unpaired) electrons. The normalized spacial score (nSPS) is 18.7. The first-order valence-electron chi connectivity index (χ1n) is 9.34. The molecule has 0 unspecified atom stereocenters. The number of carbonyl (C=O) groups is 1. The summed E-state index contributed by atoms with van der Waals surface area (Å²) < 4.78 is 5.76. The number of hydrogen-bond donors (Lipinski definition) is 2. The second-order valence-electron chi connectivity index (χ2n) is 7.06. The summed E-state index contributed by atoms with van der Waals surface area (Å²) >= 11 is 0. The van der Waals surface area contributed by atoms with Crippen LogP contribution in [-0.4, -0.2) is 42.6 Å². The van der Waals surface area contributed by atoms with Gasteiger partial charge >= 0.3 is 0 Å². The maximum Gasteiger partial charge on any atom is 0.250 e. The first kappa shape index (κ1) is 16.9. The molecule has 0 aliphatic carbocycles. The molecule has 1 saturated heterocycles. The molecule has 0 bridgehead atoms. The van der Waals surface area contributed by atoms with Crippen LogP contribution in [0.5, 0.6) is 5.75 Å². The lowest BCUT2D eigenvalue weighted by Crippen LogP contribution is -2.58. The Morgan fingerprint density at radius 3 is 2.42 bits per heavy atom. The van der Waals surface area contributed by atoms with E-state index in [0.717, 1.165) is 62.6 Å². The van der Waals surface area contributed by atoms with Gasteiger partial charge in [0.1, 0.15) is 11.3 Å². The van der Waals surface area contributed by atoms with E-state index in [9.17, 15) is 4.79 Å². The fraction of sp³-hybridized carbons (Fsp3) is 0.381. The average molecular weight is 351 g/mol. The molecule has 2 heterocycles. The second kappa shape index (κ2) is 7.38. The smallest absolute Gasteiger partial charge is 0.250 e. The van der Waals surface area contributed by atoms with E-state index >= 15 is 0 Å². The number of benzene rings is 2. The van der Waals surface area contributed by atoms with Gasteiger partial charge in [0.15, 0.2) is 0 Å². The lowest BCUT2D eigenvalue weighted by molar-refractivity contribution is -0.122. The second-order valence-corrected chi connectivity index (χ2v) is 7.06. The summed E-state index contributed by atoms with van der Waals surface area (Å²) in [6.07, 6.45) is 2.64. The topological polar surface area (TPSA) is 53.6 Å². The Kier molecular flexibility index (Phi) is 4.80. The summed E-state index contributed by atoms with van der Waals surface area (Å²) in [6.45, 7) is 3.57. The van der Waals surface area contributed by atoms with Gasteiger partial charge in [0, 0.05) is 19.6 Å². The zero-order chi connectivity index (χ0) is 17.8. The highest BCUT2D eigenvalue weighted by atomic mass is 16.5. The molecule has 1 spiro atoms. The Labute approximate surface area is 154 Å². The summed E-state index contributed by atoms with van der Waals surface area (Å²) in [5.74, 6) is 1.02. The monoisotopic (exact) mass is 351 g/mol. The SMILES string of the molecule is O=C1Nc2ccccc2NC12CCN(CCCOc1ccccc1)CC2. The van der Waals surface area contributed by atoms with Crippen LogP contribution < -0.4 is 15.4 Å². The zero-order valence-corrected chi connectivity index (χ0v) is 14.9. The van der Waals surface area contributed by atoms with Crippen LogP contribution in [-0.2, 0) is 4.79 Å². The molecule has 1 fully saturated rings. The Morgan fingerprint density at radius 2 is 1.65 bits per heavy atom. The molecule has 2 N–H and O–H groups in total. The summed E-state index contributed by atoms with van der Waals surface area (Å²) in [5.41, 5.74) is 1.44. The van der Waals surface area contributed by atoms with Crippen LogP contribution in [0.1, 0.15) is 19.3 Å². The molecule has 2 aliphatic rings. The van der Waals surface area contributed by atoms with Crippen molar-refractivity contribution in [2.24, 2.45) is 0 Å². The molecule has 1 amide bonds. The van der Waals surface area contributed by atoms with Gasteiger partial charge in [0.05, 0.1) is 18.0 Å². The third-order valence-corrected chi connectivity index (χ3v) is 5.32. The van der Waals surface area contributed by atoms with Gasteiger partial charge in [-0.15, -0.1) is 0 Å². The molecule has 2 aromatic rings. The van der Waals surface area contributed by atoms with Gasteiger partial charge in [-0.2, -0.15) is 0 Å². The number of hydrogen-bond acceptors (Lipinski definition) is 4. The molecule has 0 aromatic heterocycles. The van der Waals surface area contributed by atoms with Crippen molar-refractivity contribution in [3.63, 3.8) is 0 Å². The highest BCUT2D eigenvalue weighted by Gasteiger charge is 2.44. The number of fused-ring (bicyclic) bond motifs is 1. The van der Waals surface area contributed by atoms with Crippen molar-refractivity contribution in [3.8, 4) is 5.75 Å². The van der Waals surface area contributed by atoms with Crippen molar-refractivity contribution in [2.75, 3.05) is 36.9 Å². The van der Waals surface area contributed by atoms with Crippen LogP contribution in [0, 0.1) is 0 Å². The van der Waals surface area contributed by atoms with E-state index in [-0.39, 0.29) is 5.91 Å². The minimum atomic E-state index is -0.467. The number of nitrogens with one attached hydrogen (secondary N) is 2. The van der Waals surface area contributed by atoms with E-state index in [4.69, 9.17) is 4.74 Å². The van der Waals surface area contributed by atoms with Crippen LogP contribution in [0.25, 0.3) is 0 Å². The molecule has 0 saturated carbocycles. The standard InChI is InChI=1S/C21H25N3O2/c25-20-21(23-19-10-5-4-9-18(19)22-20)11-14-24(15-12-21)13-6-16-26-17-7-2-1-3-8-17/h1-5,7-10,23H,6,11-16H2,(H,22,25). The van der Waals surface area contributed by atoms with Gasteiger partial charge < -0.3 is 20.3 Å². The van der Waals surface area contributed by atoms with Crippen molar-refractivity contribution in [3.05, 3.63) is 54.6 Å². The van der Waals surface area contributed by atoms with Crippen LogP contribution in [0.4, 0.5) is 11.4 Å². The molecule has 4 rings (SSSR count). The summed E-state index contributed by atoms with van der Waals surface area (Å²) in [4.78, 5) is 15.1. The van der Waals surface area contributed by atoms with E-state index in [1.807, 2.05) is 54.6 Å². The average Bonchev–Trinajstić information content (AvgIpc) is 2.68. The fourth-order valence-electron chi connectivity index (χ4n) is 3.76. The van der Waals surface area contributed by atoms with Crippen LogP contribution in [0.2, 0.25) is 0 Å². The maximum absolute atomic E-state index is 12.6. The maximum atomic E-state index is 12.6. The van der Waals surface area contributed by atoms with Gasteiger partial charge in [0.25, 0.3) is 0 Å².